The van der Waals surface area contributed by atoms with Crippen LogP contribution in [0.4, 0.5) is 0 Å². The van der Waals surface area contributed by atoms with Gasteiger partial charge in [0, 0.05) is 10.6 Å². The second kappa shape index (κ2) is 5.94. The van der Waals surface area contributed by atoms with E-state index >= 15 is 0 Å². The van der Waals surface area contributed by atoms with E-state index in [9.17, 15) is 9.59 Å². The number of rotatable bonds is 4. The Morgan fingerprint density at radius 2 is 2.22 bits per heavy atom. The molecule has 1 aliphatic heterocycles. The Morgan fingerprint density at radius 3 is 2.91 bits per heavy atom. The van der Waals surface area contributed by atoms with Crippen LogP contribution in [0.25, 0.3) is 0 Å². The maximum absolute atomic E-state index is 12.8. The van der Waals surface area contributed by atoms with Gasteiger partial charge in [-0.2, -0.15) is 0 Å². The average molecular weight is 336 g/mol. The summed E-state index contributed by atoms with van der Waals surface area (Å²) in [6.45, 7) is 0. The minimum absolute atomic E-state index is 0.0850. The van der Waals surface area contributed by atoms with Crippen LogP contribution in [0.3, 0.4) is 0 Å². The van der Waals surface area contributed by atoms with Gasteiger partial charge in [0.1, 0.15) is 0 Å². The largest absolute Gasteiger partial charge is 0.468 e. The van der Waals surface area contributed by atoms with Crippen molar-refractivity contribution in [3.8, 4) is 0 Å². The summed E-state index contributed by atoms with van der Waals surface area (Å²) < 4.78 is 5.64. The predicted octanol–water partition coefficient (Wildman–Crippen LogP) is 1.29. The van der Waals surface area contributed by atoms with Gasteiger partial charge in [-0.05, 0) is 25.3 Å². The first-order valence-electron chi connectivity index (χ1n) is 7.53. The molecule has 2 aliphatic rings. The second-order valence-electron chi connectivity index (χ2n) is 5.93. The highest BCUT2D eigenvalue weighted by atomic mass is 35.5. The molecule has 122 valence electrons. The van der Waals surface area contributed by atoms with Crippen molar-refractivity contribution in [2.75, 3.05) is 0 Å². The molecule has 1 saturated carbocycles. The molecule has 23 heavy (non-hydrogen) atoms. The number of carbonyl (C=O) groups excluding carboxylic acids is 2. The summed E-state index contributed by atoms with van der Waals surface area (Å²) >= 11 is 6.31. The summed E-state index contributed by atoms with van der Waals surface area (Å²) in [5.41, 5.74) is 10.7. The Bertz CT molecular complexity index is 691. The quantitative estimate of drug-likeness (QED) is 0.864. The van der Waals surface area contributed by atoms with Crippen LogP contribution in [-0.2, 0) is 19.9 Å². The third-order valence-electron chi connectivity index (χ3n) is 4.33. The number of nitrogens with zero attached hydrogens (tertiary/aromatic N) is 1. The predicted molar refractivity (Wildman–Crippen MR) is 86.1 cm³/mol. The van der Waals surface area contributed by atoms with Crippen LogP contribution >= 0.6 is 11.6 Å². The van der Waals surface area contributed by atoms with Crippen LogP contribution in [0.1, 0.15) is 31.2 Å². The second-order valence-corrected chi connectivity index (χ2v) is 6.34. The zero-order valence-corrected chi connectivity index (χ0v) is 13.3. The van der Waals surface area contributed by atoms with E-state index in [1.807, 2.05) is 6.07 Å². The summed E-state index contributed by atoms with van der Waals surface area (Å²) in [4.78, 5) is 28.5. The number of ketones is 1. The van der Waals surface area contributed by atoms with Crippen LogP contribution in [0.15, 0.2) is 29.3 Å². The molecule has 0 saturated heterocycles. The van der Waals surface area contributed by atoms with E-state index in [-0.39, 0.29) is 18.1 Å². The first kappa shape index (κ1) is 16.0. The lowest BCUT2D eigenvalue weighted by molar-refractivity contribution is -0.137. The minimum Gasteiger partial charge on any atom is -0.468 e. The molecule has 1 fully saturated rings. The standard InChI is InChI=1S/C16H18ClN3O3/c17-10-5-2-1-4-9(10)16-7-3-6-12(14(16)22)23-15(20-16)11(18)8-13(19)21/h1-2,4-5,11-12H,3,6-8,18H2,(H2,19,21). The Labute approximate surface area is 138 Å². The van der Waals surface area contributed by atoms with Crippen LogP contribution in [0.5, 0.6) is 0 Å². The van der Waals surface area contributed by atoms with Crippen molar-refractivity contribution in [3.63, 3.8) is 0 Å². The number of nitrogens with two attached hydrogens (primary N) is 2. The Morgan fingerprint density at radius 1 is 1.48 bits per heavy atom. The van der Waals surface area contributed by atoms with Gasteiger partial charge in [0.2, 0.25) is 17.6 Å². The molecule has 1 amide bonds. The molecule has 0 radical (unpaired) electrons. The van der Waals surface area contributed by atoms with Gasteiger partial charge in [0.05, 0.1) is 12.5 Å². The number of benzene rings is 1. The Balaban J connectivity index is 2.09. The van der Waals surface area contributed by atoms with E-state index in [2.05, 4.69) is 4.99 Å². The van der Waals surface area contributed by atoms with Crippen molar-refractivity contribution in [2.45, 2.75) is 43.4 Å². The van der Waals surface area contributed by atoms with Crippen molar-refractivity contribution >= 4 is 29.2 Å². The summed E-state index contributed by atoms with van der Waals surface area (Å²) in [5.74, 6) is -0.447. The van der Waals surface area contributed by atoms with Gasteiger partial charge in [0.25, 0.3) is 0 Å². The summed E-state index contributed by atoms with van der Waals surface area (Å²) in [6, 6.07) is 6.39. The molecule has 7 heteroatoms. The number of primary amides is 1. The van der Waals surface area contributed by atoms with Crippen molar-refractivity contribution in [1.82, 2.24) is 0 Å². The lowest BCUT2D eigenvalue weighted by Crippen LogP contribution is -2.54. The maximum Gasteiger partial charge on any atom is 0.219 e. The molecule has 0 spiro atoms. The molecular weight excluding hydrogens is 318 g/mol. The molecule has 0 aromatic heterocycles. The number of ether oxygens (including phenoxy) is 1. The third-order valence-corrected chi connectivity index (χ3v) is 4.66. The van der Waals surface area contributed by atoms with Crippen molar-refractivity contribution in [3.05, 3.63) is 34.9 Å². The van der Waals surface area contributed by atoms with E-state index < -0.39 is 23.6 Å². The van der Waals surface area contributed by atoms with Crippen LogP contribution in [-0.4, -0.2) is 29.7 Å². The van der Waals surface area contributed by atoms with E-state index in [1.165, 1.54) is 0 Å². The number of Topliss-reactive ketones (excluding diaryl/α,β-unsaturated/α-hetero) is 1. The fraction of sp³-hybridized carbons (Fsp3) is 0.438. The molecule has 3 unspecified atom stereocenters. The van der Waals surface area contributed by atoms with Crippen LogP contribution < -0.4 is 11.5 Å². The lowest BCUT2D eigenvalue weighted by atomic mass is 9.73. The highest BCUT2D eigenvalue weighted by Gasteiger charge is 2.52. The maximum atomic E-state index is 12.8. The third kappa shape index (κ3) is 2.72. The number of hydrogen-bond acceptors (Lipinski definition) is 5. The first-order chi connectivity index (χ1) is 10.9. The highest BCUT2D eigenvalue weighted by molar-refractivity contribution is 6.32. The molecule has 3 atom stereocenters. The average Bonchev–Trinajstić information content (AvgIpc) is 2.47. The SMILES string of the molecule is NC(=O)CC(N)C1=NC2(c3ccccc3Cl)CCCC(O1)C2=O. The molecular formula is C16H18ClN3O3. The number of hydrogen-bond donors (Lipinski definition) is 2. The van der Waals surface area contributed by atoms with E-state index in [1.54, 1.807) is 18.2 Å². The molecule has 2 bridgehead atoms. The smallest absolute Gasteiger partial charge is 0.219 e. The van der Waals surface area contributed by atoms with Gasteiger partial charge in [-0.15, -0.1) is 0 Å². The van der Waals surface area contributed by atoms with Crippen LogP contribution in [0, 0.1) is 0 Å². The zero-order valence-electron chi connectivity index (χ0n) is 12.5. The van der Waals surface area contributed by atoms with Gasteiger partial charge < -0.3 is 16.2 Å². The fourth-order valence-electron chi connectivity index (χ4n) is 3.25. The van der Waals surface area contributed by atoms with E-state index in [4.69, 9.17) is 27.8 Å². The lowest BCUT2D eigenvalue weighted by Gasteiger charge is -2.42. The summed E-state index contributed by atoms with van der Waals surface area (Å²) in [6.07, 6.45) is 1.25. The zero-order chi connectivity index (χ0) is 16.6. The number of amides is 1. The van der Waals surface area contributed by atoms with Gasteiger partial charge in [-0.1, -0.05) is 29.8 Å². The minimum atomic E-state index is -1.08. The number of aliphatic imine (C=N–C) groups is 1. The summed E-state index contributed by atoms with van der Waals surface area (Å²) in [7, 11) is 0. The molecule has 1 aromatic carbocycles. The fourth-order valence-corrected chi connectivity index (χ4v) is 3.54. The number of halogens is 1. The van der Waals surface area contributed by atoms with Gasteiger partial charge in [-0.25, -0.2) is 4.99 Å². The van der Waals surface area contributed by atoms with Gasteiger partial charge in [-0.3, -0.25) is 9.59 Å². The monoisotopic (exact) mass is 335 g/mol. The van der Waals surface area contributed by atoms with E-state index in [0.717, 1.165) is 6.42 Å². The van der Waals surface area contributed by atoms with Gasteiger partial charge >= 0.3 is 0 Å². The molecule has 1 aromatic rings. The van der Waals surface area contributed by atoms with Gasteiger partial charge in [0.15, 0.2) is 11.6 Å². The Hall–Kier alpha value is -1.92. The highest BCUT2D eigenvalue weighted by Crippen LogP contribution is 2.44. The number of fused-ring (bicyclic) bond motifs is 2. The van der Waals surface area contributed by atoms with E-state index in [0.29, 0.717) is 23.4 Å². The normalized spacial score (nSPS) is 27.8. The van der Waals surface area contributed by atoms with Crippen molar-refractivity contribution in [2.24, 2.45) is 16.5 Å². The first-order valence-corrected chi connectivity index (χ1v) is 7.91. The summed E-state index contributed by atoms with van der Waals surface area (Å²) in [5, 5.41) is 0.481. The Kier molecular flexibility index (Phi) is 4.12. The molecule has 1 heterocycles. The van der Waals surface area contributed by atoms with Crippen molar-refractivity contribution in [1.29, 1.82) is 0 Å². The number of carbonyl (C=O) groups is 2. The van der Waals surface area contributed by atoms with Crippen molar-refractivity contribution < 1.29 is 14.3 Å². The topological polar surface area (TPSA) is 108 Å². The molecule has 6 nitrogen and oxygen atoms in total. The van der Waals surface area contributed by atoms with Crippen LogP contribution in [0.2, 0.25) is 5.02 Å². The molecule has 4 N–H and O–H groups in total. The molecule has 3 rings (SSSR count). The molecule has 1 aliphatic carbocycles.